The van der Waals surface area contributed by atoms with Gasteiger partial charge in [-0.2, -0.15) is 0 Å². The number of carbonyl (C=O) groups is 1. The predicted molar refractivity (Wildman–Crippen MR) is 84.4 cm³/mol. The van der Waals surface area contributed by atoms with Crippen molar-refractivity contribution in [1.29, 1.82) is 0 Å². The van der Waals surface area contributed by atoms with E-state index in [0.717, 1.165) is 12.3 Å². The SMILES string of the molecule is CC(CNCc1ccc(CO)o1)CN(C)C(=O)OC(C)(C)C. The number of ether oxygens (including phenoxy) is 1. The summed E-state index contributed by atoms with van der Waals surface area (Å²) in [5, 5.41) is 12.2. The zero-order chi connectivity index (χ0) is 16.8. The summed E-state index contributed by atoms with van der Waals surface area (Å²) in [5.41, 5.74) is -0.476. The van der Waals surface area contributed by atoms with Crippen LogP contribution in [-0.2, 0) is 17.9 Å². The van der Waals surface area contributed by atoms with Crippen LogP contribution in [-0.4, -0.2) is 41.8 Å². The van der Waals surface area contributed by atoms with Crippen LogP contribution in [0.15, 0.2) is 16.5 Å². The van der Waals surface area contributed by atoms with E-state index in [1.807, 2.05) is 26.8 Å². The highest BCUT2D eigenvalue weighted by Gasteiger charge is 2.20. The highest BCUT2D eigenvalue weighted by atomic mass is 16.6. The normalized spacial score (nSPS) is 13.0. The first kappa shape index (κ1) is 18.5. The lowest BCUT2D eigenvalue weighted by atomic mass is 10.1. The molecule has 6 nitrogen and oxygen atoms in total. The molecule has 0 fully saturated rings. The van der Waals surface area contributed by atoms with Gasteiger partial charge in [-0.3, -0.25) is 0 Å². The number of rotatable bonds is 7. The van der Waals surface area contributed by atoms with Crippen molar-refractivity contribution in [3.8, 4) is 0 Å². The minimum atomic E-state index is -0.476. The number of hydrogen-bond acceptors (Lipinski definition) is 5. The molecule has 1 aromatic rings. The number of furan rings is 1. The van der Waals surface area contributed by atoms with Crippen molar-refractivity contribution >= 4 is 6.09 Å². The first-order chi connectivity index (χ1) is 10.2. The summed E-state index contributed by atoms with van der Waals surface area (Å²) in [7, 11) is 1.74. The van der Waals surface area contributed by atoms with E-state index in [1.165, 1.54) is 0 Å². The number of carbonyl (C=O) groups excluding carboxylic acids is 1. The number of aliphatic hydroxyl groups excluding tert-OH is 1. The van der Waals surface area contributed by atoms with E-state index >= 15 is 0 Å². The first-order valence-electron chi connectivity index (χ1n) is 7.54. The Bertz CT molecular complexity index is 465. The highest BCUT2D eigenvalue weighted by Crippen LogP contribution is 2.10. The Hall–Kier alpha value is -1.53. The van der Waals surface area contributed by atoms with E-state index in [9.17, 15) is 4.79 Å². The number of nitrogens with one attached hydrogen (secondary N) is 1. The summed E-state index contributed by atoms with van der Waals surface area (Å²) in [6.45, 7) is 9.51. The summed E-state index contributed by atoms with van der Waals surface area (Å²) >= 11 is 0. The molecular weight excluding hydrogens is 284 g/mol. The van der Waals surface area contributed by atoms with Crippen LogP contribution in [0.1, 0.15) is 39.2 Å². The molecule has 1 heterocycles. The van der Waals surface area contributed by atoms with Gasteiger partial charge in [0.25, 0.3) is 0 Å². The number of amides is 1. The van der Waals surface area contributed by atoms with Crippen molar-refractivity contribution in [1.82, 2.24) is 10.2 Å². The van der Waals surface area contributed by atoms with Crippen molar-refractivity contribution in [3.63, 3.8) is 0 Å². The zero-order valence-electron chi connectivity index (χ0n) is 14.2. The van der Waals surface area contributed by atoms with E-state index < -0.39 is 5.60 Å². The average Bonchev–Trinajstić information content (AvgIpc) is 2.84. The molecule has 0 saturated heterocycles. The van der Waals surface area contributed by atoms with E-state index in [4.69, 9.17) is 14.3 Å². The lowest BCUT2D eigenvalue weighted by Gasteiger charge is -2.26. The minimum absolute atomic E-state index is 0.0862. The smallest absolute Gasteiger partial charge is 0.410 e. The van der Waals surface area contributed by atoms with Crippen LogP contribution < -0.4 is 5.32 Å². The van der Waals surface area contributed by atoms with Crippen molar-refractivity contribution in [3.05, 3.63) is 23.7 Å². The van der Waals surface area contributed by atoms with Gasteiger partial charge in [0, 0.05) is 13.6 Å². The van der Waals surface area contributed by atoms with Gasteiger partial charge in [0.1, 0.15) is 23.7 Å². The molecule has 6 heteroatoms. The molecule has 1 unspecified atom stereocenters. The third kappa shape index (κ3) is 6.95. The van der Waals surface area contributed by atoms with Gasteiger partial charge in [-0.1, -0.05) is 6.92 Å². The predicted octanol–water partition coefficient (Wildman–Crippen LogP) is 2.36. The second-order valence-electron chi connectivity index (χ2n) is 6.62. The molecule has 0 saturated carbocycles. The summed E-state index contributed by atoms with van der Waals surface area (Å²) in [5.74, 6) is 1.64. The molecule has 1 atom stereocenters. The maximum Gasteiger partial charge on any atom is 0.410 e. The van der Waals surface area contributed by atoms with Gasteiger partial charge in [-0.25, -0.2) is 4.79 Å². The Morgan fingerprint density at radius 2 is 2.05 bits per heavy atom. The van der Waals surface area contributed by atoms with E-state index in [0.29, 0.717) is 18.8 Å². The van der Waals surface area contributed by atoms with Gasteiger partial charge in [0.2, 0.25) is 0 Å². The molecule has 0 aliphatic heterocycles. The lowest BCUT2D eigenvalue weighted by Crippen LogP contribution is -2.38. The minimum Gasteiger partial charge on any atom is -0.462 e. The highest BCUT2D eigenvalue weighted by molar-refractivity contribution is 5.67. The maximum absolute atomic E-state index is 11.9. The molecule has 1 amide bonds. The van der Waals surface area contributed by atoms with Crippen LogP contribution in [0.25, 0.3) is 0 Å². The van der Waals surface area contributed by atoms with Crippen LogP contribution in [0.4, 0.5) is 4.79 Å². The van der Waals surface area contributed by atoms with Gasteiger partial charge >= 0.3 is 6.09 Å². The molecular formula is C16H28N2O4. The lowest BCUT2D eigenvalue weighted by molar-refractivity contribution is 0.0276. The molecule has 0 aliphatic carbocycles. The molecule has 1 aromatic heterocycles. The molecule has 0 radical (unpaired) electrons. The zero-order valence-corrected chi connectivity index (χ0v) is 14.2. The second kappa shape index (κ2) is 8.19. The third-order valence-corrected chi connectivity index (χ3v) is 2.96. The topological polar surface area (TPSA) is 74.9 Å². The summed E-state index contributed by atoms with van der Waals surface area (Å²) in [4.78, 5) is 13.5. The second-order valence-corrected chi connectivity index (χ2v) is 6.62. The average molecular weight is 312 g/mol. The van der Waals surface area contributed by atoms with Crippen molar-refractivity contribution < 1.29 is 19.1 Å². The monoisotopic (exact) mass is 312 g/mol. The Balaban J connectivity index is 2.27. The maximum atomic E-state index is 11.9. The molecule has 0 spiro atoms. The van der Waals surface area contributed by atoms with Crippen LogP contribution >= 0.6 is 0 Å². The fourth-order valence-electron chi connectivity index (χ4n) is 1.99. The van der Waals surface area contributed by atoms with Crippen LogP contribution in [0.3, 0.4) is 0 Å². The van der Waals surface area contributed by atoms with E-state index in [2.05, 4.69) is 12.2 Å². The summed E-state index contributed by atoms with van der Waals surface area (Å²) in [6.07, 6.45) is -0.307. The van der Waals surface area contributed by atoms with Crippen molar-refractivity contribution in [2.24, 2.45) is 5.92 Å². The standard InChI is InChI=1S/C16H28N2O4/c1-12(10-18(5)15(20)22-16(2,3)4)8-17-9-13-6-7-14(11-19)21-13/h6-7,12,17,19H,8-11H2,1-5H3. The molecule has 0 bridgehead atoms. The van der Waals surface area contributed by atoms with Gasteiger partial charge < -0.3 is 24.5 Å². The Morgan fingerprint density at radius 3 is 2.59 bits per heavy atom. The van der Waals surface area contributed by atoms with Crippen LogP contribution in [0.5, 0.6) is 0 Å². The third-order valence-electron chi connectivity index (χ3n) is 2.96. The fraction of sp³-hybridized carbons (Fsp3) is 0.688. The molecule has 2 N–H and O–H groups in total. The van der Waals surface area contributed by atoms with E-state index in [-0.39, 0.29) is 18.6 Å². The van der Waals surface area contributed by atoms with Gasteiger partial charge in [0.05, 0.1) is 6.54 Å². The Kier molecular flexibility index (Phi) is 6.90. The van der Waals surface area contributed by atoms with Crippen molar-refractivity contribution in [2.75, 3.05) is 20.1 Å². The Morgan fingerprint density at radius 1 is 1.41 bits per heavy atom. The molecule has 0 aromatic carbocycles. The van der Waals surface area contributed by atoms with Gasteiger partial charge in [0.15, 0.2) is 0 Å². The van der Waals surface area contributed by atoms with E-state index in [1.54, 1.807) is 18.0 Å². The number of aliphatic hydroxyl groups is 1. The molecule has 0 aliphatic rings. The van der Waals surface area contributed by atoms with Gasteiger partial charge in [-0.15, -0.1) is 0 Å². The number of hydrogen-bond donors (Lipinski definition) is 2. The van der Waals surface area contributed by atoms with Gasteiger partial charge in [-0.05, 0) is 45.4 Å². The largest absolute Gasteiger partial charge is 0.462 e. The summed E-state index contributed by atoms with van der Waals surface area (Å²) < 4.78 is 10.7. The first-order valence-corrected chi connectivity index (χ1v) is 7.54. The molecule has 1 rings (SSSR count). The Labute approximate surface area is 132 Å². The number of nitrogens with zero attached hydrogens (tertiary/aromatic N) is 1. The van der Waals surface area contributed by atoms with Crippen LogP contribution in [0.2, 0.25) is 0 Å². The quantitative estimate of drug-likeness (QED) is 0.808. The van der Waals surface area contributed by atoms with Crippen LogP contribution in [0, 0.1) is 5.92 Å². The van der Waals surface area contributed by atoms with Crippen molar-refractivity contribution in [2.45, 2.75) is 46.4 Å². The molecule has 126 valence electrons. The fourth-order valence-corrected chi connectivity index (χ4v) is 1.99. The molecule has 22 heavy (non-hydrogen) atoms. The summed E-state index contributed by atoms with van der Waals surface area (Å²) in [6, 6.07) is 3.60.